The lowest BCUT2D eigenvalue weighted by Crippen LogP contribution is -2.05. The van der Waals surface area contributed by atoms with Gasteiger partial charge in [0.15, 0.2) is 11.5 Å². The van der Waals surface area contributed by atoms with Crippen LogP contribution in [-0.4, -0.2) is 25.4 Å². The highest BCUT2D eigenvalue weighted by atomic mass is 16.6. The summed E-state index contributed by atoms with van der Waals surface area (Å²) < 4.78 is 17.1. The highest BCUT2D eigenvalue weighted by Gasteiger charge is 2.38. The summed E-state index contributed by atoms with van der Waals surface area (Å²) in [5.74, 6) is 2.23. The Kier molecular flexibility index (Phi) is 5.92. The molecule has 2 rings (SSSR count). The van der Waals surface area contributed by atoms with Gasteiger partial charge in [0.05, 0.1) is 25.4 Å². The van der Waals surface area contributed by atoms with Gasteiger partial charge in [-0.2, -0.15) is 0 Å². The van der Waals surface area contributed by atoms with E-state index in [2.05, 4.69) is 26.0 Å². The van der Waals surface area contributed by atoms with Crippen molar-refractivity contribution >= 4 is 0 Å². The fraction of sp³-hybridized carbons (Fsp3) is 0.667. The van der Waals surface area contributed by atoms with Crippen LogP contribution in [0.3, 0.4) is 0 Å². The van der Waals surface area contributed by atoms with Crippen LogP contribution in [0.2, 0.25) is 0 Å². The Morgan fingerprint density at radius 1 is 1.00 bits per heavy atom. The van der Waals surface area contributed by atoms with Crippen molar-refractivity contribution in [2.24, 2.45) is 0 Å². The van der Waals surface area contributed by atoms with Gasteiger partial charge < -0.3 is 14.2 Å². The van der Waals surface area contributed by atoms with E-state index < -0.39 is 0 Å². The molecule has 1 aliphatic heterocycles. The summed E-state index contributed by atoms with van der Waals surface area (Å²) in [5.41, 5.74) is 1.33. The fourth-order valence-corrected chi connectivity index (χ4v) is 2.89. The second-order valence-electron chi connectivity index (χ2n) is 5.53. The second kappa shape index (κ2) is 7.69. The van der Waals surface area contributed by atoms with Crippen molar-refractivity contribution < 1.29 is 14.2 Å². The van der Waals surface area contributed by atoms with E-state index in [1.807, 2.05) is 19.9 Å². The van der Waals surface area contributed by atoms with Crippen molar-refractivity contribution in [3.63, 3.8) is 0 Å². The maximum atomic E-state index is 5.73. The number of epoxide rings is 1. The summed E-state index contributed by atoms with van der Waals surface area (Å²) in [6.07, 6.45) is 4.27. The van der Waals surface area contributed by atoms with E-state index in [4.69, 9.17) is 14.2 Å². The van der Waals surface area contributed by atoms with Gasteiger partial charge in [0.1, 0.15) is 0 Å². The minimum Gasteiger partial charge on any atom is -0.490 e. The molecule has 1 heterocycles. The predicted molar refractivity (Wildman–Crippen MR) is 85.4 cm³/mol. The molecule has 0 aliphatic carbocycles. The van der Waals surface area contributed by atoms with Gasteiger partial charge in [-0.25, -0.2) is 0 Å². The van der Waals surface area contributed by atoms with Crippen LogP contribution in [0.5, 0.6) is 11.5 Å². The van der Waals surface area contributed by atoms with E-state index in [1.165, 1.54) is 5.56 Å². The molecule has 1 aromatic carbocycles. The van der Waals surface area contributed by atoms with Gasteiger partial charge in [0.2, 0.25) is 0 Å². The summed E-state index contributed by atoms with van der Waals surface area (Å²) in [5, 5.41) is 0. The molecule has 3 nitrogen and oxygen atoms in total. The molecule has 0 bridgehead atoms. The molecule has 3 heteroatoms. The van der Waals surface area contributed by atoms with Crippen LogP contribution in [-0.2, 0) is 4.74 Å². The lowest BCUT2D eigenvalue weighted by Gasteiger charge is -2.17. The van der Waals surface area contributed by atoms with Gasteiger partial charge in [-0.05, 0) is 56.7 Å². The zero-order valence-electron chi connectivity index (χ0n) is 13.7. The normalized spacial score (nSPS) is 21.9. The van der Waals surface area contributed by atoms with Crippen molar-refractivity contribution in [3.05, 3.63) is 23.8 Å². The molecule has 1 aliphatic rings. The van der Waals surface area contributed by atoms with Crippen LogP contribution < -0.4 is 9.47 Å². The molecule has 3 atom stereocenters. The molecule has 1 aromatic rings. The predicted octanol–water partition coefficient (Wildman–Crippen LogP) is 4.55. The summed E-state index contributed by atoms with van der Waals surface area (Å²) in [6, 6.07) is 6.36. The van der Waals surface area contributed by atoms with Crippen molar-refractivity contribution in [2.45, 2.75) is 65.1 Å². The fourth-order valence-electron chi connectivity index (χ4n) is 2.89. The number of ether oxygens (including phenoxy) is 3. The van der Waals surface area contributed by atoms with Gasteiger partial charge >= 0.3 is 0 Å². The van der Waals surface area contributed by atoms with Crippen LogP contribution in [0.4, 0.5) is 0 Å². The third-order valence-corrected chi connectivity index (χ3v) is 4.14. The SMILES string of the molecule is CCOc1ccc(C(CC)CC2OC2CC)cc1OCC. The molecule has 0 spiro atoms. The molecule has 21 heavy (non-hydrogen) atoms. The smallest absolute Gasteiger partial charge is 0.161 e. The zero-order chi connectivity index (χ0) is 15.2. The average Bonchev–Trinajstić information content (AvgIpc) is 3.25. The summed E-state index contributed by atoms with van der Waals surface area (Å²) >= 11 is 0. The lowest BCUT2D eigenvalue weighted by molar-refractivity contribution is 0.287. The Hall–Kier alpha value is -1.22. The number of hydrogen-bond donors (Lipinski definition) is 0. The lowest BCUT2D eigenvalue weighted by atomic mass is 9.90. The Morgan fingerprint density at radius 3 is 2.29 bits per heavy atom. The third kappa shape index (κ3) is 4.13. The Morgan fingerprint density at radius 2 is 1.71 bits per heavy atom. The van der Waals surface area contributed by atoms with Gasteiger partial charge in [-0.3, -0.25) is 0 Å². The summed E-state index contributed by atoms with van der Waals surface area (Å²) in [6.45, 7) is 9.74. The topological polar surface area (TPSA) is 31.0 Å². The summed E-state index contributed by atoms with van der Waals surface area (Å²) in [7, 11) is 0. The minimum absolute atomic E-state index is 0.446. The summed E-state index contributed by atoms with van der Waals surface area (Å²) in [4.78, 5) is 0. The molecule has 0 N–H and O–H groups in total. The van der Waals surface area contributed by atoms with E-state index in [-0.39, 0.29) is 0 Å². The zero-order valence-corrected chi connectivity index (χ0v) is 13.7. The van der Waals surface area contributed by atoms with E-state index >= 15 is 0 Å². The first-order chi connectivity index (χ1) is 10.2. The second-order valence-corrected chi connectivity index (χ2v) is 5.53. The van der Waals surface area contributed by atoms with Gasteiger partial charge in [0, 0.05) is 0 Å². The molecule has 0 amide bonds. The molecule has 0 aromatic heterocycles. The first kappa shape index (κ1) is 16.2. The molecule has 3 unspecified atom stereocenters. The first-order valence-corrected chi connectivity index (χ1v) is 8.28. The van der Waals surface area contributed by atoms with Crippen molar-refractivity contribution in [1.29, 1.82) is 0 Å². The molecule has 1 fully saturated rings. The van der Waals surface area contributed by atoms with Crippen molar-refractivity contribution in [1.82, 2.24) is 0 Å². The molecular formula is C18H28O3. The minimum atomic E-state index is 0.446. The van der Waals surface area contributed by atoms with E-state index in [0.717, 1.165) is 30.8 Å². The quantitative estimate of drug-likeness (QED) is 0.626. The maximum absolute atomic E-state index is 5.73. The van der Waals surface area contributed by atoms with Gasteiger partial charge in [-0.1, -0.05) is 19.9 Å². The van der Waals surface area contributed by atoms with E-state index in [0.29, 0.717) is 31.3 Å². The maximum Gasteiger partial charge on any atom is 0.161 e. The van der Waals surface area contributed by atoms with Gasteiger partial charge in [-0.15, -0.1) is 0 Å². The molecule has 0 saturated carbocycles. The van der Waals surface area contributed by atoms with Crippen molar-refractivity contribution in [2.75, 3.05) is 13.2 Å². The number of benzene rings is 1. The highest BCUT2D eigenvalue weighted by Crippen LogP contribution is 2.38. The third-order valence-electron chi connectivity index (χ3n) is 4.14. The number of rotatable bonds is 9. The van der Waals surface area contributed by atoms with Crippen LogP contribution in [0, 0.1) is 0 Å². The standard InChI is InChI=1S/C18H28O3/c1-5-13(11-18-15(6-2)21-18)14-9-10-16(19-7-3)17(12-14)20-8-4/h9-10,12-13,15,18H,5-8,11H2,1-4H3. The van der Waals surface area contributed by atoms with E-state index in [9.17, 15) is 0 Å². The van der Waals surface area contributed by atoms with E-state index in [1.54, 1.807) is 0 Å². The van der Waals surface area contributed by atoms with Crippen LogP contribution in [0.15, 0.2) is 18.2 Å². The Labute approximate surface area is 128 Å². The molecule has 118 valence electrons. The Balaban J connectivity index is 2.11. The average molecular weight is 292 g/mol. The molecule has 1 saturated heterocycles. The monoisotopic (exact) mass is 292 g/mol. The van der Waals surface area contributed by atoms with Crippen LogP contribution in [0.25, 0.3) is 0 Å². The molecule has 0 radical (unpaired) electrons. The largest absolute Gasteiger partial charge is 0.490 e. The Bertz CT molecular complexity index is 444. The highest BCUT2D eigenvalue weighted by molar-refractivity contribution is 5.44. The van der Waals surface area contributed by atoms with Gasteiger partial charge in [0.25, 0.3) is 0 Å². The van der Waals surface area contributed by atoms with Crippen LogP contribution >= 0.6 is 0 Å². The van der Waals surface area contributed by atoms with Crippen LogP contribution in [0.1, 0.15) is 58.4 Å². The molecular weight excluding hydrogens is 264 g/mol. The van der Waals surface area contributed by atoms with Crippen molar-refractivity contribution in [3.8, 4) is 11.5 Å². The first-order valence-electron chi connectivity index (χ1n) is 8.28. The number of hydrogen-bond acceptors (Lipinski definition) is 3.